The highest BCUT2D eigenvalue weighted by atomic mass is 16.5. The van der Waals surface area contributed by atoms with Crippen LogP contribution in [-0.4, -0.2) is 46.5 Å². The second kappa shape index (κ2) is 8.18. The summed E-state index contributed by atoms with van der Waals surface area (Å²) in [5.74, 6) is 2.00. The molecule has 0 spiro atoms. The van der Waals surface area contributed by atoms with E-state index in [0.29, 0.717) is 23.8 Å². The number of fused-ring (bicyclic) bond motifs is 1. The van der Waals surface area contributed by atoms with Crippen LogP contribution < -0.4 is 10.6 Å². The molecule has 1 aromatic carbocycles. The zero-order valence-corrected chi connectivity index (χ0v) is 17.8. The van der Waals surface area contributed by atoms with Crippen molar-refractivity contribution in [2.24, 2.45) is 5.92 Å². The van der Waals surface area contributed by atoms with Gasteiger partial charge in [-0.1, -0.05) is 25.4 Å². The zero-order chi connectivity index (χ0) is 21.3. The molecule has 0 radical (unpaired) electrons. The Balaban J connectivity index is 1.38. The molecule has 1 aromatic heterocycles. The van der Waals surface area contributed by atoms with Crippen LogP contribution in [0.1, 0.15) is 57.7 Å². The summed E-state index contributed by atoms with van der Waals surface area (Å²) < 4.78 is 5.68. The predicted octanol–water partition coefficient (Wildman–Crippen LogP) is 3.14. The standard InChI is InChI=1S/C22H29N5O3/c1-14(2)20-25-21(30-26-20)22-10-4-5-16(22)11-27(13-22)12-19(29)24-18-8-6-17(7-9-18)23-15(3)28/h6-9,14,16H,4-5,10-13H2,1-3H3,(H,23,28)(H,24,29)/t16-,22-/m1/s1. The molecule has 8 heteroatoms. The lowest BCUT2D eigenvalue weighted by Crippen LogP contribution is -2.35. The van der Waals surface area contributed by atoms with Crippen LogP contribution in [0.3, 0.4) is 0 Å². The summed E-state index contributed by atoms with van der Waals surface area (Å²) in [7, 11) is 0. The first-order valence-corrected chi connectivity index (χ1v) is 10.6. The molecule has 0 bridgehead atoms. The maximum absolute atomic E-state index is 12.6. The Morgan fingerprint density at radius 3 is 2.57 bits per heavy atom. The molecular formula is C22H29N5O3. The lowest BCUT2D eigenvalue weighted by Gasteiger charge is -2.24. The molecule has 4 rings (SSSR count). The smallest absolute Gasteiger partial charge is 0.238 e. The van der Waals surface area contributed by atoms with E-state index in [1.807, 2.05) is 0 Å². The Hall–Kier alpha value is -2.74. The number of carbonyl (C=O) groups is 2. The van der Waals surface area contributed by atoms with Crippen LogP contribution in [0.25, 0.3) is 0 Å². The highest BCUT2D eigenvalue weighted by Crippen LogP contribution is 2.49. The SMILES string of the molecule is CC(=O)Nc1ccc(NC(=O)CN2C[C@H]3CCC[C@@]3(c3nc(C(C)C)no3)C2)cc1. The van der Waals surface area contributed by atoms with Crippen LogP contribution in [0.5, 0.6) is 0 Å². The Morgan fingerprint density at radius 1 is 1.23 bits per heavy atom. The largest absolute Gasteiger partial charge is 0.339 e. The summed E-state index contributed by atoms with van der Waals surface area (Å²) in [5, 5.41) is 9.83. The lowest BCUT2D eigenvalue weighted by molar-refractivity contribution is -0.117. The molecule has 2 fully saturated rings. The molecular weight excluding hydrogens is 382 g/mol. The van der Waals surface area contributed by atoms with Gasteiger partial charge < -0.3 is 15.2 Å². The Morgan fingerprint density at radius 2 is 1.93 bits per heavy atom. The minimum Gasteiger partial charge on any atom is -0.339 e. The minimum atomic E-state index is -0.125. The monoisotopic (exact) mass is 411 g/mol. The predicted molar refractivity (Wildman–Crippen MR) is 113 cm³/mol. The van der Waals surface area contributed by atoms with Gasteiger partial charge in [-0.2, -0.15) is 4.98 Å². The zero-order valence-electron chi connectivity index (χ0n) is 17.8. The molecule has 2 atom stereocenters. The van der Waals surface area contributed by atoms with Gasteiger partial charge in [0.15, 0.2) is 5.82 Å². The van der Waals surface area contributed by atoms with Gasteiger partial charge in [0.25, 0.3) is 0 Å². The number of aromatic nitrogens is 2. The van der Waals surface area contributed by atoms with Crippen molar-refractivity contribution < 1.29 is 14.1 Å². The number of amides is 2. The second-order valence-corrected chi connectivity index (χ2v) is 8.83. The number of benzene rings is 1. The molecule has 1 aliphatic heterocycles. The van der Waals surface area contributed by atoms with Crippen molar-refractivity contribution >= 4 is 23.2 Å². The van der Waals surface area contributed by atoms with E-state index in [2.05, 4.69) is 34.5 Å². The van der Waals surface area contributed by atoms with Crippen molar-refractivity contribution in [1.82, 2.24) is 15.0 Å². The van der Waals surface area contributed by atoms with Gasteiger partial charge in [0.1, 0.15) is 0 Å². The lowest BCUT2D eigenvalue weighted by atomic mass is 9.80. The van der Waals surface area contributed by atoms with E-state index in [1.165, 1.54) is 6.92 Å². The van der Waals surface area contributed by atoms with E-state index in [9.17, 15) is 9.59 Å². The van der Waals surface area contributed by atoms with Crippen molar-refractivity contribution in [1.29, 1.82) is 0 Å². The second-order valence-electron chi connectivity index (χ2n) is 8.83. The molecule has 2 amide bonds. The van der Waals surface area contributed by atoms with Gasteiger partial charge in [-0.3, -0.25) is 14.5 Å². The van der Waals surface area contributed by atoms with Gasteiger partial charge in [0.2, 0.25) is 17.7 Å². The number of rotatable bonds is 6. The molecule has 8 nitrogen and oxygen atoms in total. The van der Waals surface area contributed by atoms with Crippen molar-refractivity contribution in [3.05, 3.63) is 36.0 Å². The van der Waals surface area contributed by atoms with Crippen molar-refractivity contribution in [3.8, 4) is 0 Å². The summed E-state index contributed by atoms with van der Waals surface area (Å²) in [5.41, 5.74) is 1.29. The molecule has 2 aromatic rings. The molecule has 1 saturated carbocycles. The van der Waals surface area contributed by atoms with Crippen LogP contribution in [0.2, 0.25) is 0 Å². The van der Waals surface area contributed by atoms with Crippen molar-refractivity contribution in [2.45, 2.75) is 51.4 Å². The molecule has 2 N–H and O–H groups in total. The van der Waals surface area contributed by atoms with Crippen LogP contribution in [0.15, 0.2) is 28.8 Å². The van der Waals surface area contributed by atoms with Gasteiger partial charge >= 0.3 is 0 Å². The normalized spacial score (nSPS) is 23.5. The number of carbonyl (C=O) groups excluding carboxylic acids is 2. The average molecular weight is 412 g/mol. The maximum atomic E-state index is 12.6. The van der Waals surface area contributed by atoms with Gasteiger partial charge in [0.05, 0.1) is 12.0 Å². The number of nitrogens with zero attached hydrogens (tertiary/aromatic N) is 3. The first-order chi connectivity index (χ1) is 14.4. The Labute approximate surface area is 176 Å². The molecule has 160 valence electrons. The van der Waals surface area contributed by atoms with E-state index in [1.54, 1.807) is 24.3 Å². The van der Waals surface area contributed by atoms with E-state index < -0.39 is 0 Å². The molecule has 30 heavy (non-hydrogen) atoms. The maximum Gasteiger partial charge on any atom is 0.238 e. The number of hydrogen-bond donors (Lipinski definition) is 2. The number of hydrogen-bond acceptors (Lipinski definition) is 6. The average Bonchev–Trinajstić information content (AvgIpc) is 3.36. The van der Waals surface area contributed by atoms with Crippen LogP contribution in [0, 0.1) is 5.92 Å². The van der Waals surface area contributed by atoms with Crippen LogP contribution in [-0.2, 0) is 15.0 Å². The van der Waals surface area contributed by atoms with Crippen LogP contribution >= 0.6 is 0 Å². The van der Waals surface area contributed by atoms with E-state index in [4.69, 9.17) is 9.51 Å². The quantitative estimate of drug-likeness (QED) is 0.757. The highest BCUT2D eigenvalue weighted by molar-refractivity contribution is 5.93. The molecule has 2 heterocycles. The molecule has 2 aliphatic rings. The first-order valence-electron chi connectivity index (χ1n) is 10.6. The third kappa shape index (κ3) is 4.09. The topological polar surface area (TPSA) is 100 Å². The van der Waals surface area contributed by atoms with Gasteiger partial charge in [-0.05, 0) is 43.0 Å². The van der Waals surface area contributed by atoms with Crippen molar-refractivity contribution in [3.63, 3.8) is 0 Å². The van der Waals surface area contributed by atoms with Gasteiger partial charge in [-0.25, -0.2) is 0 Å². The van der Waals surface area contributed by atoms with Gasteiger partial charge in [-0.15, -0.1) is 0 Å². The number of likely N-dealkylation sites (tertiary alicyclic amines) is 1. The van der Waals surface area contributed by atoms with Crippen LogP contribution in [0.4, 0.5) is 11.4 Å². The van der Waals surface area contributed by atoms with Gasteiger partial charge in [0, 0.05) is 37.3 Å². The first kappa shape index (κ1) is 20.5. The summed E-state index contributed by atoms with van der Waals surface area (Å²) in [6, 6.07) is 7.12. The highest BCUT2D eigenvalue weighted by Gasteiger charge is 2.54. The van der Waals surface area contributed by atoms with E-state index >= 15 is 0 Å². The fraction of sp³-hybridized carbons (Fsp3) is 0.545. The van der Waals surface area contributed by atoms with Crippen molar-refractivity contribution in [2.75, 3.05) is 30.3 Å². The minimum absolute atomic E-state index is 0.0502. The summed E-state index contributed by atoms with van der Waals surface area (Å²) in [6.45, 7) is 7.56. The Kier molecular flexibility index (Phi) is 5.60. The van der Waals surface area contributed by atoms with E-state index in [0.717, 1.165) is 44.1 Å². The number of anilines is 2. The summed E-state index contributed by atoms with van der Waals surface area (Å²) >= 11 is 0. The molecule has 1 aliphatic carbocycles. The fourth-order valence-corrected chi connectivity index (χ4v) is 4.78. The Bertz CT molecular complexity index is 923. The molecule has 0 unspecified atom stereocenters. The van der Waals surface area contributed by atoms with E-state index in [-0.39, 0.29) is 23.1 Å². The molecule has 1 saturated heterocycles. The number of nitrogens with one attached hydrogen (secondary N) is 2. The fourth-order valence-electron chi connectivity index (χ4n) is 4.78. The third-order valence-corrected chi connectivity index (χ3v) is 6.18. The summed E-state index contributed by atoms with van der Waals surface area (Å²) in [4.78, 5) is 30.6. The third-order valence-electron chi connectivity index (χ3n) is 6.18. The summed E-state index contributed by atoms with van der Waals surface area (Å²) in [6.07, 6.45) is 3.31.